The van der Waals surface area contributed by atoms with Crippen LogP contribution < -0.4 is 17.0 Å². The molecule has 0 aliphatic heterocycles. The molecule has 3 unspecified atom stereocenters. The molecule has 7 heteroatoms. The van der Waals surface area contributed by atoms with Crippen LogP contribution in [0.25, 0.3) is 0 Å². The summed E-state index contributed by atoms with van der Waals surface area (Å²) in [6, 6.07) is 0.364. The number of nitrogens with two attached hydrogens (primary N) is 1. The van der Waals surface area contributed by atoms with E-state index in [1.165, 1.54) is 13.3 Å². The van der Waals surface area contributed by atoms with Crippen LogP contribution >= 0.6 is 0 Å². The second kappa shape index (κ2) is 5.06. The van der Waals surface area contributed by atoms with Crippen molar-refractivity contribution < 1.29 is 9.84 Å². The van der Waals surface area contributed by atoms with E-state index in [1.807, 2.05) is 4.98 Å². The fourth-order valence-corrected chi connectivity index (χ4v) is 1.22. The lowest BCUT2D eigenvalue weighted by atomic mass is 10.1. The van der Waals surface area contributed by atoms with E-state index in [2.05, 4.69) is 0 Å². The molecule has 0 fully saturated rings. The summed E-state index contributed by atoms with van der Waals surface area (Å²) in [5.41, 5.74) is 4.45. The van der Waals surface area contributed by atoms with Gasteiger partial charge in [0.2, 0.25) is 0 Å². The van der Waals surface area contributed by atoms with Crippen molar-refractivity contribution in [2.45, 2.75) is 25.3 Å². The van der Waals surface area contributed by atoms with E-state index >= 15 is 0 Å². The number of aliphatic hydroxyl groups excluding tert-OH is 1. The van der Waals surface area contributed by atoms with Gasteiger partial charge in [-0.3, -0.25) is 14.3 Å². The van der Waals surface area contributed by atoms with E-state index in [1.54, 1.807) is 6.92 Å². The smallest absolute Gasteiger partial charge is 0.330 e. The summed E-state index contributed by atoms with van der Waals surface area (Å²) in [5, 5.41) is 9.80. The van der Waals surface area contributed by atoms with Gasteiger partial charge in [-0.2, -0.15) is 0 Å². The van der Waals surface area contributed by atoms with E-state index < -0.39 is 29.6 Å². The molecule has 0 radical (unpaired) electrons. The lowest BCUT2D eigenvalue weighted by Crippen LogP contribution is -2.45. The molecule has 0 aromatic carbocycles. The van der Waals surface area contributed by atoms with Gasteiger partial charge in [0.1, 0.15) is 0 Å². The molecule has 0 aliphatic rings. The van der Waals surface area contributed by atoms with Crippen LogP contribution in [-0.2, 0) is 4.74 Å². The Kier molecular flexibility index (Phi) is 3.99. The maximum Gasteiger partial charge on any atom is 0.330 e. The number of hydrogen-bond donors (Lipinski definition) is 3. The summed E-state index contributed by atoms with van der Waals surface area (Å²) in [4.78, 5) is 24.2. The highest BCUT2D eigenvalue weighted by Gasteiger charge is 2.23. The second-order valence-electron chi connectivity index (χ2n) is 3.45. The molecule has 0 aliphatic carbocycles. The monoisotopic (exact) mass is 229 g/mol. The summed E-state index contributed by atoms with van der Waals surface area (Å²) in [6.07, 6.45) is -0.484. The number of nitrogens with one attached hydrogen (secondary N) is 1. The van der Waals surface area contributed by atoms with Crippen molar-refractivity contribution in [3.63, 3.8) is 0 Å². The van der Waals surface area contributed by atoms with Crippen LogP contribution in [0.15, 0.2) is 21.9 Å². The van der Waals surface area contributed by atoms with Gasteiger partial charge < -0.3 is 15.6 Å². The third-order valence-electron chi connectivity index (χ3n) is 2.39. The molecule has 1 aromatic rings. The summed E-state index contributed by atoms with van der Waals surface area (Å²) < 4.78 is 5.89. The zero-order valence-corrected chi connectivity index (χ0v) is 9.08. The van der Waals surface area contributed by atoms with Gasteiger partial charge in [0, 0.05) is 19.4 Å². The Morgan fingerprint density at radius 3 is 2.69 bits per heavy atom. The number of hydrogen-bond acceptors (Lipinski definition) is 5. The van der Waals surface area contributed by atoms with Gasteiger partial charge in [0.05, 0.1) is 12.1 Å². The van der Waals surface area contributed by atoms with Gasteiger partial charge in [-0.05, 0) is 6.92 Å². The molecule has 1 heterocycles. The molecule has 3 atom stereocenters. The third kappa shape index (κ3) is 2.57. The largest absolute Gasteiger partial charge is 0.380 e. The molecule has 16 heavy (non-hydrogen) atoms. The quantitative estimate of drug-likeness (QED) is 0.575. The number of aliphatic hydroxyl groups is 1. The second-order valence-corrected chi connectivity index (χ2v) is 3.45. The van der Waals surface area contributed by atoms with Crippen LogP contribution in [0.5, 0.6) is 0 Å². The van der Waals surface area contributed by atoms with Crippen molar-refractivity contribution >= 4 is 0 Å². The van der Waals surface area contributed by atoms with Crippen LogP contribution in [0, 0.1) is 0 Å². The SMILES string of the molecule is COC(C)C(N)C(O)n1ccc(=O)[nH]c1=O. The van der Waals surface area contributed by atoms with Gasteiger partial charge in [0.15, 0.2) is 6.23 Å². The van der Waals surface area contributed by atoms with Crippen LogP contribution in [0.3, 0.4) is 0 Å². The van der Waals surface area contributed by atoms with E-state index in [0.717, 1.165) is 10.6 Å². The fraction of sp³-hybridized carbons (Fsp3) is 0.556. The molecular formula is C9H15N3O4. The highest BCUT2D eigenvalue weighted by Crippen LogP contribution is 2.08. The minimum atomic E-state index is -1.25. The average molecular weight is 229 g/mol. The number of H-pyrrole nitrogens is 1. The molecule has 0 saturated carbocycles. The molecule has 1 aromatic heterocycles. The Labute approximate surface area is 91.5 Å². The minimum Gasteiger partial charge on any atom is -0.380 e. The van der Waals surface area contributed by atoms with Gasteiger partial charge in [0.25, 0.3) is 5.56 Å². The van der Waals surface area contributed by atoms with Crippen molar-refractivity contribution in [2.75, 3.05) is 7.11 Å². The molecule has 0 spiro atoms. The van der Waals surface area contributed by atoms with Crippen molar-refractivity contribution in [1.29, 1.82) is 0 Å². The summed E-state index contributed by atoms with van der Waals surface area (Å²) >= 11 is 0. The first-order valence-electron chi connectivity index (χ1n) is 4.75. The molecular weight excluding hydrogens is 214 g/mol. The Balaban J connectivity index is 3.00. The Morgan fingerprint density at radius 1 is 1.56 bits per heavy atom. The van der Waals surface area contributed by atoms with Crippen molar-refractivity contribution in [1.82, 2.24) is 9.55 Å². The maximum absolute atomic E-state index is 11.3. The van der Waals surface area contributed by atoms with Crippen LogP contribution in [0.1, 0.15) is 13.2 Å². The molecule has 4 N–H and O–H groups in total. The fourth-order valence-electron chi connectivity index (χ4n) is 1.22. The first-order chi connectivity index (χ1) is 7.47. The molecule has 0 saturated heterocycles. The van der Waals surface area contributed by atoms with E-state index in [4.69, 9.17) is 10.5 Å². The number of nitrogens with zero attached hydrogens (tertiary/aromatic N) is 1. The maximum atomic E-state index is 11.3. The van der Waals surface area contributed by atoms with Crippen LogP contribution in [0.2, 0.25) is 0 Å². The third-order valence-corrected chi connectivity index (χ3v) is 2.39. The Hall–Kier alpha value is -1.44. The zero-order chi connectivity index (χ0) is 12.3. The molecule has 90 valence electrons. The normalized spacial score (nSPS) is 16.8. The molecule has 0 bridgehead atoms. The number of aromatic amines is 1. The lowest BCUT2D eigenvalue weighted by molar-refractivity contribution is -0.00235. The van der Waals surface area contributed by atoms with Crippen molar-refractivity contribution in [3.8, 4) is 0 Å². The topological polar surface area (TPSA) is 110 Å². The predicted octanol–water partition coefficient (Wildman–Crippen LogP) is -1.61. The standard InChI is InChI=1S/C9H15N3O4/c1-5(16-2)7(10)8(14)12-4-3-6(13)11-9(12)15/h3-5,7-8,14H,10H2,1-2H3,(H,11,13,15). The number of methoxy groups -OCH3 is 1. The molecule has 1 rings (SSSR count). The van der Waals surface area contributed by atoms with Gasteiger partial charge >= 0.3 is 5.69 Å². The van der Waals surface area contributed by atoms with E-state index in [0.29, 0.717) is 0 Å². The lowest BCUT2D eigenvalue weighted by Gasteiger charge is -2.24. The number of ether oxygens (including phenoxy) is 1. The van der Waals surface area contributed by atoms with Gasteiger partial charge in [-0.25, -0.2) is 4.79 Å². The summed E-state index contributed by atoms with van der Waals surface area (Å²) in [7, 11) is 1.45. The van der Waals surface area contributed by atoms with Crippen molar-refractivity contribution in [2.24, 2.45) is 5.73 Å². The number of aromatic nitrogens is 2. The highest BCUT2D eigenvalue weighted by atomic mass is 16.5. The molecule has 7 nitrogen and oxygen atoms in total. The van der Waals surface area contributed by atoms with E-state index in [9.17, 15) is 14.7 Å². The Bertz CT molecular complexity index is 453. The Morgan fingerprint density at radius 2 is 2.19 bits per heavy atom. The first-order valence-corrected chi connectivity index (χ1v) is 4.75. The molecule has 0 amide bonds. The first kappa shape index (κ1) is 12.6. The van der Waals surface area contributed by atoms with Gasteiger partial charge in [-0.1, -0.05) is 0 Å². The van der Waals surface area contributed by atoms with E-state index in [-0.39, 0.29) is 0 Å². The van der Waals surface area contributed by atoms with Crippen molar-refractivity contribution in [3.05, 3.63) is 33.1 Å². The minimum absolute atomic E-state index is 0.422. The zero-order valence-electron chi connectivity index (χ0n) is 9.08. The summed E-state index contributed by atoms with van der Waals surface area (Å²) in [5.74, 6) is 0. The van der Waals surface area contributed by atoms with Gasteiger partial charge in [-0.15, -0.1) is 0 Å². The predicted molar refractivity (Wildman–Crippen MR) is 57.0 cm³/mol. The summed E-state index contributed by atoms with van der Waals surface area (Å²) in [6.45, 7) is 1.67. The highest BCUT2D eigenvalue weighted by molar-refractivity contribution is 4.87. The van der Waals surface area contributed by atoms with Crippen LogP contribution in [-0.4, -0.2) is 33.9 Å². The van der Waals surface area contributed by atoms with Crippen LogP contribution in [0.4, 0.5) is 0 Å². The average Bonchev–Trinajstić information content (AvgIpc) is 2.26. The number of rotatable bonds is 4.